The number of nitrogens with one attached hydrogen (secondary N) is 2. The van der Waals surface area contributed by atoms with Crippen LogP contribution in [0.15, 0.2) is 28.7 Å². The van der Waals surface area contributed by atoms with Gasteiger partial charge in [0.25, 0.3) is 0 Å². The molecule has 0 aliphatic carbocycles. The Labute approximate surface area is 141 Å². The highest BCUT2D eigenvalue weighted by molar-refractivity contribution is 9.10. The average Bonchev–Trinajstić information content (AvgIpc) is 2.44. The molecule has 0 heterocycles. The molecule has 0 bridgehead atoms. The molecular weight excluding hydrogens is 344 g/mol. The van der Waals surface area contributed by atoms with Crippen LogP contribution in [0.3, 0.4) is 0 Å². The quantitative estimate of drug-likeness (QED) is 0.692. The van der Waals surface area contributed by atoms with Gasteiger partial charge in [-0.1, -0.05) is 41.9 Å². The summed E-state index contributed by atoms with van der Waals surface area (Å²) >= 11 is 3.41. The average molecular weight is 369 g/mol. The number of carbonyl (C=O) groups is 2. The maximum atomic E-state index is 12.4. The molecule has 0 aliphatic rings. The van der Waals surface area contributed by atoms with Crippen molar-refractivity contribution in [1.29, 1.82) is 0 Å². The van der Waals surface area contributed by atoms with Crippen molar-refractivity contribution in [3.8, 4) is 0 Å². The molecule has 0 saturated carbocycles. The van der Waals surface area contributed by atoms with Gasteiger partial charge in [0.2, 0.25) is 11.8 Å². The molecular formula is C17H25BrN2O2. The molecule has 1 aromatic rings. The SMILES string of the molecule is CC(=O)NCCCCNC(=O)C(c1ccc(Br)cc1)C(C)C. The minimum atomic E-state index is -0.136. The van der Waals surface area contributed by atoms with Crippen molar-refractivity contribution in [3.63, 3.8) is 0 Å². The van der Waals surface area contributed by atoms with Gasteiger partial charge in [-0.15, -0.1) is 0 Å². The van der Waals surface area contributed by atoms with E-state index in [1.165, 1.54) is 6.92 Å². The van der Waals surface area contributed by atoms with Gasteiger partial charge in [0.05, 0.1) is 5.92 Å². The van der Waals surface area contributed by atoms with Crippen molar-refractivity contribution < 1.29 is 9.59 Å². The molecule has 1 aromatic carbocycles. The van der Waals surface area contributed by atoms with Crippen LogP contribution in [0.1, 0.15) is 45.1 Å². The first-order valence-corrected chi connectivity index (χ1v) is 8.48. The molecule has 0 fully saturated rings. The van der Waals surface area contributed by atoms with E-state index in [0.29, 0.717) is 13.1 Å². The molecule has 0 spiro atoms. The van der Waals surface area contributed by atoms with Crippen molar-refractivity contribution in [2.45, 2.75) is 39.5 Å². The third-order valence-electron chi connectivity index (χ3n) is 3.45. The predicted molar refractivity (Wildman–Crippen MR) is 92.6 cm³/mol. The molecule has 4 nitrogen and oxygen atoms in total. The highest BCUT2D eigenvalue weighted by Crippen LogP contribution is 2.26. The number of halogens is 1. The molecule has 0 saturated heterocycles. The van der Waals surface area contributed by atoms with Crippen molar-refractivity contribution in [2.75, 3.05) is 13.1 Å². The highest BCUT2D eigenvalue weighted by Gasteiger charge is 2.23. The summed E-state index contributed by atoms with van der Waals surface area (Å²) in [6.45, 7) is 6.92. The lowest BCUT2D eigenvalue weighted by molar-refractivity contribution is -0.123. The summed E-state index contributed by atoms with van der Waals surface area (Å²) in [5.74, 6) is 0.153. The first kappa shape index (κ1) is 18.7. The largest absolute Gasteiger partial charge is 0.356 e. The number of rotatable bonds is 8. The van der Waals surface area contributed by atoms with Gasteiger partial charge in [0, 0.05) is 24.5 Å². The predicted octanol–water partition coefficient (Wildman–Crippen LogP) is 3.22. The number of benzene rings is 1. The fourth-order valence-electron chi connectivity index (χ4n) is 2.35. The number of unbranched alkanes of at least 4 members (excludes halogenated alkanes) is 1. The summed E-state index contributed by atoms with van der Waals surface area (Å²) in [4.78, 5) is 23.2. The molecule has 0 aromatic heterocycles. The van der Waals surface area contributed by atoms with Crippen LogP contribution in [0.2, 0.25) is 0 Å². The van der Waals surface area contributed by atoms with Gasteiger partial charge >= 0.3 is 0 Å². The van der Waals surface area contributed by atoms with E-state index >= 15 is 0 Å². The molecule has 0 radical (unpaired) electrons. The van der Waals surface area contributed by atoms with Gasteiger partial charge in [-0.25, -0.2) is 0 Å². The Morgan fingerprint density at radius 3 is 2.09 bits per heavy atom. The second kappa shape index (κ2) is 9.62. The second-order valence-electron chi connectivity index (χ2n) is 5.75. The molecule has 22 heavy (non-hydrogen) atoms. The van der Waals surface area contributed by atoms with E-state index < -0.39 is 0 Å². The van der Waals surface area contributed by atoms with E-state index in [4.69, 9.17) is 0 Å². The topological polar surface area (TPSA) is 58.2 Å². The Bertz CT molecular complexity index is 486. The number of hydrogen-bond acceptors (Lipinski definition) is 2. The highest BCUT2D eigenvalue weighted by atomic mass is 79.9. The minimum Gasteiger partial charge on any atom is -0.356 e. The second-order valence-corrected chi connectivity index (χ2v) is 6.67. The van der Waals surface area contributed by atoms with Crippen LogP contribution in [-0.2, 0) is 9.59 Å². The van der Waals surface area contributed by atoms with E-state index in [1.807, 2.05) is 24.3 Å². The van der Waals surface area contributed by atoms with Gasteiger partial charge in [-0.05, 0) is 36.5 Å². The fraction of sp³-hybridized carbons (Fsp3) is 0.529. The zero-order chi connectivity index (χ0) is 16.5. The normalized spacial score (nSPS) is 12.0. The Hall–Kier alpha value is -1.36. The number of carbonyl (C=O) groups excluding carboxylic acids is 2. The van der Waals surface area contributed by atoms with Gasteiger partial charge in [0.1, 0.15) is 0 Å². The fourth-order valence-corrected chi connectivity index (χ4v) is 2.61. The number of hydrogen-bond donors (Lipinski definition) is 2. The van der Waals surface area contributed by atoms with Crippen molar-refractivity contribution in [1.82, 2.24) is 10.6 Å². The summed E-state index contributed by atoms with van der Waals surface area (Å²) in [6, 6.07) is 7.91. The first-order chi connectivity index (χ1) is 10.4. The van der Waals surface area contributed by atoms with E-state index in [1.54, 1.807) is 0 Å². The molecule has 5 heteroatoms. The van der Waals surface area contributed by atoms with E-state index in [0.717, 1.165) is 22.9 Å². The monoisotopic (exact) mass is 368 g/mol. The summed E-state index contributed by atoms with van der Waals surface area (Å²) < 4.78 is 1.01. The maximum Gasteiger partial charge on any atom is 0.227 e. The molecule has 1 atom stereocenters. The van der Waals surface area contributed by atoms with Crippen LogP contribution in [0.5, 0.6) is 0 Å². The van der Waals surface area contributed by atoms with E-state index in [2.05, 4.69) is 40.4 Å². The Kier molecular flexibility index (Phi) is 8.17. The first-order valence-electron chi connectivity index (χ1n) is 7.69. The zero-order valence-electron chi connectivity index (χ0n) is 13.5. The van der Waals surface area contributed by atoms with Crippen LogP contribution < -0.4 is 10.6 Å². The third-order valence-corrected chi connectivity index (χ3v) is 3.98. The minimum absolute atomic E-state index is 0.0147. The van der Waals surface area contributed by atoms with Gasteiger partial charge in [0.15, 0.2) is 0 Å². The molecule has 1 rings (SSSR count). The molecule has 2 N–H and O–H groups in total. The van der Waals surface area contributed by atoms with Crippen LogP contribution in [0.25, 0.3) is 0 Å². The van der Waals surface area contributed by atoms with Gasteiger partial charge < -0.3 is 10.6 Å². The lowest BCUT2D eigenvalue weighted by atomic mass is 9.87. The summed E-state index contributed by atoms with van der Waals surface area (Å²) in [5.41, 5.74) is 1.04. The van der Waals surface area contributed by atoms with Crippen molar-refractivity contribution >= 4 is 27.7 Å². The lowest BCUT2D eigenvalue weighted by Crippen LogP contribution is -2.33. The van der Waals surface area contributed by atoms with Gasteiger partial charge in [-0.2, -0.15) is 0 Å². The van der Waals surface area contributed by atoms with Crippen LogP contribution in [0.4, 0.5) is 0 Å². The number of amides is 2. The molecule has 2 amide bonds. The summed E-state index contributed by atoms with van der Waals surface area (Å²) in [6.07, 6.45) is 1.72. The lowest BCUT2D eigenvalue weighted by Gasteiger charge is -2.21. The van der Waals surface area contributed by atoms with Crippen LogP contribution in [0, 0.1) is 5.92 Å². The Morgan fingerprint density at radius 2 is 1.59 bits per heavy atom. The van der Waals surface area contributed by atoms with E-state index in [-0.39, 0.29) is 23.7 Å². The summed E-state index contributed by atoms with van der Waals surface area (Å²) in [5, 5.41) is 5.75. The van der Waals surface area contributed by atoms with Gasteiger partial charge in [-0.3, -0.25) is 9.59 Å². The Balaban J connectivity index is 2.46. The maximum absolute atomic E-state index is 12.4. The van der Waals surface area contributed by atoms with E-state index in [9.17, 15) is 9.59 Å². The third kappa shape index (κ3) is 6.60. The molecule has 0 aliphatic heterocycles. The van der Waals surface area contributed by atoms with Crippen molar-refractivity contribution in [2.24, 2.45) is 5.92 Å². The van der Waals surface area contributed by atoms with Crippen molar-refractivity contribution in [3.05, 3.63) is 34.3 Å². The smallest absolute Gasteiger partial charge is 0.227 e. The standard InChI is InChI=1S/C17H25BrN2O2/c1-12(2)16(14-6-8-15(18)9-7-14)17(22)20-11-5-4-10-19-13(3)21/h6-9,12,16H,4-5,10-11H2,1-3H3,(H,19,21)(H,20,22). The summed E-state index contributed by atoms with van der Waals surface area (Å²) in [7, 11) is 0. The zero-order valence-corrected chi connectivity index (χ0v) is 15.1. The van der Waals surface area contributed by atoms with Crippen LogP contribution in [-0.4, -0.2) is 24.9 Å². The van der Waals surface area contributed by atoms with Crippen LogP contribution >= 0.6 is 15.9 Å². The molecule has 122 valence electrons. The Morgan fingerprint density at radius 1 is 1.05 bits per heavy atom. The molecule has 1 unspecified atom stereocenters.